The van der Waals surface area contributed by atoms with E-state index in [4.69, 9.17) is 5.11 Å². The third-order valence-electron chi connectivity index (χ3n) is 1.63. The number of hydrogen-bond donors (Lipinski definition) is 1. The molecule has 0 saturated carbocycles. The van der Waals surface area contributed by atoms with Crippen LogP contribution in [0, 0.1) is 0 Å². The molecule has 0 unspecified atom stereocenters. The molecule has 2 aromatic rings. The quantitative estimate of drug-likeness (QED) is 0.698. The van der Waals surface area contributed by atoms with Crippen LogP contribution >= 0.6 is 11.3 Å². The van der Waals surface area contributed by atoms with Crippen molar-refractivity contribution in [3.05, 3.63) is 29.4 Å². The van der Waals surface area contributed by atoms with Crippen molar-refractivity contribution < 1.29 is 5.11 Å². The minimum Gasteiger partial charge on any atom is -0.392 e. The molecular weight excluding hydrogens is 158 g/mol. The molecule has 1 N–H and O–H groups in total. The van der Waals surface area contributed by atoms with E-state index in [1.165, 1.54) is 4.70 Å². The van der Waals surface area contributed by atoms with E-state index in [1.807, 2.05) is 11.4 Å². The third-order valence-corrected chi connectivity index (χ3v) is 2.64. The average molecular weight is 165 g/mol. The average Bonchev–Trinajstić information content (AvgIpc) is 2.47. The van der Waals surface area contributed by atoms with Gasteiger partial charge in [-0.3, -0.25) is 4.98 Å². The third kappa shape index (κ3) is 1.02. The summed E-state index contributed by atoms with van der Waals surface area (Å²) >= 11 is 1.64. The predicted octanol–water partition coefficient (Wildman–Crippen LogP) is 1.79. The molecule has 0 aliphatic rings. The van der Waals surface area contributed by atoms with Gasteiger partial charge in [-0.25, -0.2) is 0 Å². The monoisotopic (exact) mass is 165 g/mol. The molecule has 0 bridgehead atoms. The van der Waals surface area contributed by atoms with Crippen LogP contribution in [0.3, 0.4) is 0 Å². The number of aliphatic hydroxyl groups is 1. The number of fused-ring (bicyclic) bond motifs is 1. The number of pyridine rings is 1. The second-order valence-corrected chi connectivity index (χ2v) is 3.20. The second kappa shape index (κ2) is 2.60. The van der Waals surface area contributed by atoms with Gasteiger partial charge in [-0.2, -0.15) is 0 Å². The Balaban J connectivity index is 2.76. The maximum Gasteiger partial charge on any atom is 0.0696 e. The van der Waals surface area contributed by atoms with E-state index in [0.717, 1.165) is 10.9 Å². The van der Waals surface area contributed by atoms with Crippen molar-refractivity contribution in [2.75, 3.05) is 0 Å². The summed E-state index contributed by atoms with van der Waals surface area (Å²) in [6.07, 6.45) is 3.55. The number of thiophene rings is 1. The van der Waals surface area contributed by atoms with Crippen molar-refractivity contribution in [1.82, 2.24) is 4.98 Å². The summed E-state index contributed by atoms with van der Waals surface area (Å²) in [6, 6.07) is 1.96. The van der Waals surface area contributed by atoms with Crippen LogP contribution in [0.2, 0.25) is 0 Å². The normalized spacial score (nSPS) is 10.6. The Bertz CT molecular complexity index is 369. The highest BCUT2D eigenvalue weighted by molar-refractivity contribution is 7.17. The van der Waals surface area contributed by atoms with Crippen LogP contribution in [0.15, 0.2) is 23.8 Å². The molecule has 0 radical (unpaired) electrons. The fourth-order valence-electron chi connectivity index (χ4n) is 1.05. The van der Waals surface area contributed by atoms with Gasteiger partial charge in [0.05, 0.1) is 6.61 Å². The molecule has 0 fully saturated rings. The van der Waals surface area contributed by atoms with Gasteiger partial charge < -0.3 is 5.11 Å². The summed E-state index contributed by atoms with van der Waals surface area (Å²) in [5.74, 6) is 0. The Morgan fingerprint density at radius 1 is 1.55 bits per heavy atom. The largest absolute Gasteiger partial charge is 0.392 e. The Hall–Kier alpha value is -0.930. The van der Waals surface area contributed by atoms with E-state index < -0.39 is 0 Å². The molecule has 56 valence electrons. The Morgan fingerprint density at radius 3 is 3.27 bits per heavy atom. The molecule has 2 aromatic heterocycles. The second-order valence-electron chi connectivity index (χ2n) is 2.29. The van der Waals surface area contributed by atoms with E-state index in [9.17, 15) is 0 Å². The first-order valence-electron chi connectivity index (χ1n) is 3.33. The van der Waals surface area contributed by atoms with E-state index >= 15 is 0 Å². The maximum absolute atomic E-state index is 8.90. The lowest BCUT2D eigenvalue weighted by atomic mass is 10.2. The van der Waals surface area contributed by atoms with Crippen molar-refractivity contribution in [3.8, 4) is 0 Å². The molecule has 0 aliphatic heterocycles. The number of aliphatic hydroxyl groups excluding tert-OH is 1. The first-order valence-corrected chi connectivity index (χ1v) is 4.21. The fraction of sp³-hybridized carbons (Fsp3) is 0.125. The summed E-state index contributed by atoms with van der Waals surface area (Å²) in [6.45, 7) is 0.103. The smallest absolute Gasteiger partial charge is 0.0696 e. The number of hydrogen-bond acceptors (Lipinski definition) is 3. The van der Waals surface area contributed by atoms with Crippen LogP contribution in [0.25, 0.3) is 10.1 Å². The summed E-state index contributed by atoms with van der Waals surface area (Å²) in [7, 11) is 0. The van der Waals surface area contributed by atoms with Gasteiger partial charge in [0, 0.05) is 22.5 Å². The summed E-state index contributed by atoms with van der Waals surface area (Å²) in [5.41, 5.74) is 0.970. The van der Waals surface area contributed by atoms with Gasteiger partial charge in [0.1, 0.15) is 0 Å². The summed E-state index contributed by atoms with van der Waals surface area (Å²) < 4.78 is 1.18. The standard InChI is InChI=1S/C8H7NOS/c10-4-6-5-11-8-1-2-9-3-7(6)8/h1-3,5,10H,4H2. The SMILES string of the molecule is OCc1csc2ccncc12. The predicted molar refractivity (Wildman–Crippen MR) is 45.5 cm³/mol. The molecule has 2 heterocycles. The first-order chi connectivity index (χ1) is 5.42. The molecule has 0 atom stereocenters. The minimum absolute atomic E-state index is 0.103. The van der Waals surface area contributed by atoms with Crippen molar-refractivity contribution in [2.24, 2.45) is 0 Å². The van der Waals surface area contributed by atoms with Gasteiger partial charge in [-0.15, -0.1) is 11.3 Å². The van der Waals surface area contributed by atoms with Crippen LogP contribution in [0.4, 0.5) is 0 Å². The van der Waals surface area contributed by atoms with Crippen molar-refractivity contribution in [2.45, 2.75) is 6.61 Å². The number of rotatable bonds is 1. The van der Waals surface area contributed by atoms with Gasteiger partial charge in [0.25, 0.3) is 0 Å². The highest BCUT2D eigenvalue weighted by atomic mass is 32.1. The van der Waals surface area contributed by atoms with Gasteiger partial charge in [0.2, 0.25) is 0 Å². The van der Waals surface area contributed by atoms with Crippen LogP contribution in [-0.2, 0) is 6.61 Å². The first kappa shape index (κ1) is 6.76. The molecule has 0 aliphatic carbocycles. The zero-order chi connectivity index (χ0) is 7.68. The number of aromatic nitrogens is 1. The van der Waals surface area contributed by atoms with Crippen LogP contribution in [0.5, 0.6) is 0 Å². The molecule has 0 aromatic carbocycles. The number of nitrogens with zero attached hydrogens (tertiary/aromatic N) is 1. The van der Waals surface area contributed by atoms with Gasteiger partial charge in [-0.1, -0.05) is 0 Å². The van der Waals surface area contributed by atoms with Crippen molar-refractivity contribution in [1.29, 1.82) is 0 Å². The van der Waals surface area contributed by atoms with E-state index in [0.29, 0.717) is 0 Å². The zero-order valence-electron chi connectivity index (χ0n) is 5.82. The Morgan fingerprint density at radius 2 is 2.45 bits per heavy atom. The van der Waals surface area contributed by atoms with Gasteiger partial charge >= 0.3 is 0 Å². The Kier molecular flexibility index (Phi) is 1.60. The maximum atomic E-state index is 8.90. The Labute approximate surface area is 68.1 Å². The summed E-state index contributed by atoms with van der Waals surface area (Å²) in [4.78, 5) is 3.99. The fourth-order valence-corrected chi connectivity index (χ4v) is 1.97. The molecule has 3 heteroatoms. The van der Waals surface area contributed by atoms with Crippen LogP contribution < -0.4 is 0 Å². The lowest BCUT2D eigenvalue weighted by Gasteiger charge is -1.89. The zero-order valence-corrected chi connectivity index (χ0v) is 6.64. The van der Waals surface area contributed by atoms with Crippen molar-refractivity contribution >= 4 is 21.4 Å². The minimum atomic E-state index is 0.103. The molecule has 2 nitrogen and oxygen atoms in total. The van der Waals surface area contributed by atoms with E-state index in [2.05, 4.69) is 4.98 Å². The molecule has 11 heavy (non-hydrogen) atoms. The van der Waals surface area contributed by atoms with Crippen molar-refractivity contribution in [3.63, 3.8) is 0 Å². The summed E-state index contributed by atoms with van der Waals surface area (Å²) in [5, 5.41) is 11.9. The highest BCUT2D eigenvalue weighted by Gasteiger charge is 2.00. The van der Waals surface area contributed by atoms with Crippen LogP contribution in [-0.4, -0.2) is 10.1 Å². The van der Waals surface area contributed by atoms with Gasteiger partial charge in [0.15, 0.2) is 0 Å². The van der Waals surface area contributed by atoms with E-state index in [-0.39, 0.29) is 6.61 Å². The van der Waals surface area contributed by atoms with Gasteiger partial charge in [-0.05, 0) is 17.0 Å². The topological polar surface area (TPSA) is 33.1 Å². The van der Waals surface area contributed by atoms with Crippen LogP contribution in [0.1, 0.15) is 5.56 Å². The molecule has 2 rings (SSSR count). The lowest BCUT2D eigenvalue weighted by molar-refractivity contribution is 0.284. The molecular formula is C8H7NOS. The highest BCUT2D eigenvalue weighted by Crippen LogP contribution is 2.24. The molecule has 0 saturated heterocycles. The molecule has 0 amide bonds. The molecule has 0 spiro atoms. The lowest BCUT2D eigenvalue weighted by Crippen LogP contribution is -1.78. The van der Waals surface area contributed by atoms with E-state index in [1.54, 1.807) is 23.7 Å².